The Kier molecular flexibility index (Phi) is 5.40. The third-order valence-electron chi connectivity index (χ3n) is 8.79. The fourth-order valence-corrected chi connectivity index (χ4v) is 7.25. The maximum atomic E-state index is 14.0. The molecular weight excluding hydrogens is 510 g/mol. The molecule has 200 valence electrons. The molecule has 0 radical (unpaired) electrons. The van der Waals surface area contributed by atoms with E-state index in [-0.39, 0.29) is 23.6 Å². The van der Waals surface area contributed by atoms with Crippen LogP contribution in [0.15, 0.2) is 59.9 Å². The normalized spacial score (nSPS) is 31.3. The topological polar surface area (TPSA) is 101 Å². The lowest BCUT2D eigenvalue weighted by atomic mass is 9.45. The van der Waals surface area contributed by atoms with Gasteiger partial charge in [-0.3, -0.25) is 33.8 Å². The van der Waals surface area contributed by atoms with Crippen LogP contribution >= 0.6 is 0 Å². The maximum absolute atomic E-state index is 14.0. The van der Waals surface area contributed by atoms with Gasteiger partial charge in [0, 0.05) is 12.3 Å². The largest absolute Gasteiger partial charge is 0.430 e. The minimum atomic E-state index is -1.51. The van der Waals surface area contributed by atoms with Gasteiger partial charge in [-0.1, -0.05) is 13.8 Å². The predicted octanol–water partition coefficient (Wildman–Crippen LogP) is 3.75. The van der Waals surface area contributed by atoms with Crippen molar-refractivity contribution < 1.29 is 37.5 Å². The van der Waals surface area contributed by atoms with E-state index in [0.29, 0.717) is 5.57 Å². The summed E-state index contributed by atoms with van der Waals surface area (Å²) in [6, 6.07) is 9.81. The molecule has 0 spiro atoms. The first-order valence-corrected chi connectivity index (χ1v) is 12.7. The van der Waals surface area contributed by atoms with Crippen molar-refractivity contribution in [3.63, 3.8) is 0 Å². The molecule has 6 atom stereocenters. The van der Waals surface area contributed by atoms with Crippen molar-refractivity contribution in [3.8, 4) is 0 Å². The molecule has 0 N–H and O–H groups in total. The van der Waals surface area contributed by atoms with Crippen LogP contribution in [-0.4, -0.2) is 29.6 Å². The second-order valence-corrected chi connectivity index (χ2v) is 10.6. The highest BCUT2D eigenvalue weighted by atomic mass is 19.1. The first-order valence-electron chi connectivity index (χ1n) is 12.7. The van der Waals surface area contributed by atoms with Gasteiger partial charge in [0.1, 0.15) is 17.4 Å². The van der Waals surface area contributed by atoms with Crippen LogP contribution in [0.2, 0.25) is 0 Å². The Morgan fingerprint density at radius 2 is 1.18 bits per heavy atom. The smallest absolute Gasteiger partial charge is 0.310 e. The molecule has 8 nitrogen and oxygen atoms in total. The fourth-order valence-electron chi connectivity index (χ4n) is 7.25. The molecule has 0 aromatic heterocycles. The van der Waals surface area contributed by atoms with Crippen LogP contribution in [0, 0.1) is 46.6 Å². The van der Waals surface area contributed by atoms with E-state index < -0.39 is 76.2 Å². The van der Waals surface area contributed by atoms with E-state index in [0.717, 1.165) is 34.1 Å². The van der Waals surface area contributed by atoms with E-state index in [4.69, 9.17) is 4.74 Å². The summed E-state index contributed by atoms with van der Waals surface area (Å²) in [5, 5.41) is 0. The van der Waals surface area contributed by atoms with Crippen molar-refractivity contribution in [1.29, 1.82) is 0 Å². The molecule has 3 aliphatic carbocycles. The number of esters is 1. The van der Waals surface area contributed by atoms with Crippen LogP contribution in [0.3, 0.4) is 0 Å². The van der Waals surface area contributed by atoms with E-state index in [1.807, 2.05) is 0 Å². The summed E-state index contributed by atoms with van der Waals surface area (Å²) in [7, 11) is 0. The first-order chi connectivity index (χ1) is 18.5. The molecule has 2 bridgehead atoms. The average molecular weight is 535 g/mol. The zero-order chi connectivity index (χ0) is 28.0. The third-order valence-corrected chi connectivity index (χ3v) is 8.79. The Hall–Kier alpha value is -4.21. The fraction of sp³-hybridized carbons (Fsp3) is 0.345. The number of carbonyl (C=O) groups is 5. The zero-order valence-electron chi connectivity index (χ0n) is 21.3. The summed E-state index contributed by atoms with van der Waals surface area (Å²) < 4.78 is 33.0. The van der Waals surface area contributed by atoms with Crippen LogP contribution < -0.4 is 9.80 Å². The number of nitrogens with zero attached hydrogens (tertiary/aromatic N) is 2. The Morgan fingerprint density at radius 3 is 1.56 bits per heavy atom. The number of carbonyl (C=O) groups excluding carboxylic acids is 5. The summed E-state index contributed by atoms with van der Waals surface area (Å²) in [6.45, 7) is 4.86. The molecule has 7 rings (SSSR count). The SMILES string of the molecule is CCC(=O)OC1=C(C)C2[C@@H]3C(=O)N(c4ccc(F)cc4)C(=O)[C@H]3C1(C)[C@H]1C(=O)N(c3ccc(F)cc3)C(=O)[C@@H]21. The monoisotopic (exact) mass is 534 g/mol. The number of ether oxygens (including phenoxy) is 1. The summed E-state index contributed by atoms with van der Waals surface area (Å²) in [4.78, 5) is 70.2. The van der Waals surface area contributed by atoms with Gasteiger partial charge in [-0.2, -0.15) is 0 Å². The zero-order valence-corrected chi connectivity index (χ0v) is 21.3. The van der Waals surface area contributed by atoms with E-state index in [9.17, 15) is 32.8 Å². The van der Waals surface area contributed by atoms with Crippen molar-refractivity contribution in [2.24, 2.45) is 35.0 Å². The van der Waals surface area contributed by atoms with Crippen LogP contribution in [0.4, 0.5) is 20.2 Å². The number of hydrogen-bond donors (Lipinski definition) is 0. The molecular formula is C29H24F2N2O6. The number of rotatable bonds is 4. The molecule has 2 unspecified atom stereocenters. The Balaban J connectivity index is 1.53. The summed E-state index contributed by atoms with van der Waals surface area (Å²) in [6.07, 6.45) is 0.0306. The molecule has 10 heteroatoms. The minimum Gasteiger partial charge on any atom is -0.430 e. The number of anilines is 2. The van der Waals surface area contributed by atoms with Crippen molar-refractivity contribution in [1.82, 2.24) is 0 Å². The van der Waals surface area contributed by atoms with Crippen LogP contribution in [-0.2, 0) is 28.7 Å². The summed E-state index contributed by atoms with van der Waals surface area (Å²) >= 11 is 0. The van der Waals surface area contributed by atoms with Gasteiger partial charge in [0.05, 0.1) is 40.5 Å². The predicted molar refractivity (Wildman–Crippen MR) is 132 cm³/mol. The van der Waals surface area contributed by atoms with Crippen molar-refractivity contribution >= 4 is 41.0 Å². The summed E-state index contributed by atoms with van der Waals surface area (Å²) in [5.74, 6) is -8.97. The first kappa shape index (κ1) is 25.1. The molecule has 5 aliphatic rings. The number of halogens is 2. The molecule has 2 aromatic carbocycles. The lowest BCUT2D eigenvalue weighted by molar-refractivity contribution is -0.160. The Morgan fingerprint density at radius 1 is 0.769 bits per heavy atom. The van der Waals surface area contributed by atoms with Crippen LogP contribution in [0.25, 0.3) is 0 Å². The maximum Gasteiger partial charge on any atom is 0.310 e. The van der Waals surface area contributed by atoms with Crippen molar-refractivity contribution in [2.45, 2.75) is 27.2 Å². The molecule has 39 heavy (non-hydrogen) atoms. The Labute approximate surface area is 222 Å². The van der Waals surface area contributed by atoms with Gasteiger partial charge in [0.25, 0.3) is 0 Å². The van der Waals surface area contributed by atoms with Crippen molar-refractivity contribution in [3.05, 3.63) is 71.5 Å². The number of imide groups is 2. The van der Waals surface area contributed by atoms with E-state index in [1.54, 1.807) is 20.8 Å². The van der Waals surface area contributed by atoms with E-state index >= 15 is 0 Å². The lowest BCUT2D eigenvalue weighted by Crippen LogP contribution is -2.60. The average Bonchev–Trinajstić information content (AvgIpc) is 3.33. The number of hydrogen-bond acceptors (Lipinski definition) is 6. The Bertz CT molecular complexity index is 1410. The van der Waals surface area contributed by atoms with E-state index in [1.165, 1.54) is 24.3 Å². The summed E-state index contributed by atoms with van der Waals surface area (Å²) in [5.41, 5.74) is -0.707. The van der Waals surface area contributed by atoms with Crippen molar-refractivity contribution in [2.75, 3.05) is 9.80 Å². The van der Waals surface area contributed by atoms with Gasteiger partial charge >= 0.3 is 5.97 Å². The molecule has 2 saturated heterocycles. The molecule has 4 amide bonds. The number of benzene rings is 2. The third kappa shape index (κ3) is 3.17. The molecule has 2 heterocycles. The van der Waals surface area contributed by atoms with Gasteiger partial charge in [-0.05, 0) is 61.0 Å². The second-order valence-electron chi connectivity index (χ2n) is 10.6. The molecule has 3 fully saturated rings. The second kappa shape index (κ2) is 8.39. The van der Waals surface area contributed by atoms with Crippen LogP contribution in [0.1, 0.15) is 27.2 Å². The molecule has 2 aliphatic heterocycles. The molecule has 1 saturated carbocycles. The highest BCUT2D eigenvalue weighted by Gasteiger charge is 2.77. The quantitative estimate of drug-likeness (QED) is 0.438. The number of amides is 4. The highest BCUT2D eigenvalue weighted by molar-refractivity contribution is 6.27. The van der Waals surface area contributed by atoms with Gasteiger partial charge in [-0.25, -0.2) is 8.78 Å². The standard InChI is InChI=1S/C29H24F2N2O6/c1-4-18(34)39-24-13(2)19-20-22(27(37)32(25(20)35)16-9-5-14(30)6-10-16)29(24,3)23-21(19)26(36)33(28(23)38)17-11-7-15(31)8-12-17/h5-12,19-23H,4H2,1-3H3/t19?,20-,21-,22-,23+,29?/m0/s1. The van der Waals surface area contributed by atoms with Gasteiger partial charge in [0.2, 0.25) is 23.6 Å². The highest BCUT2D eigenvalue weighted by Crippen LogP contribution is 2.68. The molecule has 2 aromatic rings. The van der Waals surface area contributed by atoms with Crippen LogP contribution in [0.5, 0.6) is 0 Å². The number of allylic oxidation sites excluding steroid dienone is 2. The van der Waals surface area contributed by atoms with Gasteiger partial charge < -0.3 is 4.74 Å². The van der Waals surface area contributed by atoms with Gasteiger partial charge in [0.15, 0.2) is 0 Å². The lowest BCUT2D eigenvalue weighted by Gasteiger charge is -2.55. The minimum absolute atomic E-state index is 0.0306. The van der Waals surface area contributed by atoms with E-state index in [2.05, 4.69) is 0 Å². The van der Waals surface area contributed by atoms with Gasteiger partial charge in [-0.15, -0.1) is 0 Å².